The summed E-state index contributed by atoms with van der Waals surface area (Å²) in [4.78, 5) is 11.7. The maximum absolute atomic E-state index is 11.7. The first kappa shape index (κ1) is 19.5. The highest BCUT2D eigenvalue weighted by Gasteiger charge is 2.30. The van der Waals surface area contributed by atoms with Crippen molar-refractivity contribution in [1.82, 2.24) is 0 Å². The molecule has 0 saturated carbocycles. The number of carbonyl (C=O) groups excluding carboxylic acids is 1. The van der Waals surface area contributed by atoms with Crippen molar-refractivity contribution in [2.45, 2.75) is 26.7 Å². The largest absolute Gasteiger partial charge is 0.294 e. The van der Waals surface area contributed by atoms with Crippen LogP contribution in [0.3, 0.4) is 0 Å². The molecular weight excluding hydrogens is 576 g/mol. The number of carbonyl (C=O) groups is 1. The highest BCUT2D eigenvalue weighted by atomic mass is 79.9. The molecule has 4 rings (SSSR count). The Kier molecular flexibility index (Phi) is 6.09. The first-order valence-corrected chi connectivity index (χ1v) is 11.1. The van der Waals surface area contributed by atoms with Crippen LogP contribution in [0.15, 0.2) is 47.7 Å². The Labute approximate surface area is 181 Å². The van der Waals surface area contributed by atoms with E-state index in [4.69, 9.17) is 0 Å². The van der Waals surface area contributed by atoms with Gasteiger partial charge in [-0.1, -0.05) is 82.3 Å². The molecule has 130 valence electrons. The van der Waals surface area contributed by atoms with Crippen LogP contribution in [-0.4, -0.2) is 5.78 Å². The Morgan fingerprint density at radius 1 is 0.880 bits per heavy atom. The zero-order valence-corrected chi connectivity index (χ0v) is 20.1. The molecule has 0 heterocycles. The summed E-state index contributed by atoms with van der Waals surface area (Å²) in [7, 11) is 0. The molecule has 2 aliphatic carbocycles. The van der Waals surface area contributed by atoms with E-state index in [1.54, 1.807) is 0 Å². The average Bonchev–Trinajstić information content (AvgIpc) is 3.10. The van der Waals surface area contributed by atoms with Gasteiger partial charge in [-0.2, -0.15) is 0 Å². The van der Waals surface area contributed by atoms with Gasteiger partial charge in [0, 0.05) is 29.4 Å². The molecule has 5 heteroatoms. The average molecular weight is 592 g/mol. The lowest BCUT2D eigenvalue weighted by atomic mass is 10.1. The van der Waals surface area contributed by atoms with Gasteiger partial charge in [-0.05, 0) is 60.7 Å². The number of hydrogen-bond donors (Lipinski definition) is 0. The molecule has 1 unspecified atom stereocenters. The topological polar surface area (TPSA) is 17.1 Å². The lowest BCUT2D eigenvalue weighted by molar-refractivity contribution is 0.0945. The van der Waals surface area contributed by atoms with E-state index in [-0.39, 0.29) is 11.7 Å². The first-order chi connectivity index (χ1) is 11.8. The Balaban J connectivity index is 0.000000146. The van der Waals surface area contributed by atoms with Gasteiger partial charge in [-0.3, -0.25) is 4.79 Å². The van der Waals surface area contributed by atoms with Gasteiger partial charge >= 0.3 is 0 Å². The van der Waals surface area contributed by atoms with Crippen molar-refractivity contribution in [3.8, 4) is 0 Å². The molecule has 0 radical (unpaired) electrons. The molecule has 0 spiro atoms. The third kappa shape index (κ3) is 3.90. The Hall–Kier alpha value is -0.230. The number of allylic oxidation sites excluding steroid dienone is 1. The second kappa shape index (κ2) is 7.79. The summed E-state index contributed by atoms with van der Waals surface area (Å²) in [5.74, 6) is 0.383. The zero-order valence-electron chi connectivity index (χ0n) is 13.8. The summed E-state index contributed by atoms with van der Waals surface area (Å²) in [6.07, 6.45) is 4.17. The van der Waals surface area contributed by atoms with Crippen LogP contribution in [-0.2, 0) is 12.8 Å². The van der Waals surface area contributed by atoms with Crippen LogP contribution in [0.2, 0.25) is 0 Å². The maximum Gasteiger partial charge on any atom is 0.167 e. The van der Waals surface area contributed by atoms with E-state index >= 15 is 0 Å². The molecule has 0 bridgehead atoms. The molecule has 0 aliphatic heterocycles. The van der Waals surface area contributed by atoms with Crippen molar-refractivity contribution >= 4 is 75.6 Å². The summed E-state index contributed by atoms with van der Waals surface area (Å²) in [5.41, 5.74) is 6.18. The zero-order chi connectivity index (χ0) is 18.3. The molecule has 0 amide bonds. The van der Waals surface area contributed by atoms with E-state index < -0.39 is 0 Å². The Morgan fingerprint density at radius 2 is 1.44 bits per heavy atom. The molecule has 1 nitrogen and oxygen atoms in total. The van der Waals surface area contributed by atoms with Crippen LogP contribution in [0.4, 0.5) is 0 Å². The van der Waals surface area contributed by atoms with Gasteiger partial charge in [-0.15, -0.1) is 0 Å². The molecule has 0 saturated heterocycles. The minimum Gasteiger partial charge on any atom is -0.294 e. The number of fused-ring (bicyclic) bond motifs is 2. The van der Waals surface area contributed by atoms with E-state index in [0.717, 1.165) is 32.9 Å². The van der Waals surface area contributed by atoms with E-state index in [2.05, 4.69) is 88.9 Å². The van der Waals surface area contributed by atoms with E-state index in [9.17, 15) is 4.79 Å². The fourth-order valence-electron chi connectivity index (χ4n) is 3.23. The number of halogens is 4. The standard InChI is InChI=1S/C10H8Br2O.C10H8Br2/c1-5-4-6-7(11)2-3-8(12)9(6)10(5)13;1-6-4-7-8(5-6)10(12)3-2-9(7)11/h2-3,5H,4H2,1H3;2-4H,5H2,1H3. The third-order valence-electron chi connectivity index (χ3n) is 4.50. The van der Waals surface area contributed by atoms with Crippen LogP contribution >= 0.6 is 63.7 Å². The van der Waals surface area contributed by atoms with Gasteiger partial charge in [0.25, 0.3) is 0 Å². The number of Topliss-reactive ketones (excluding diaryl/α,β-unsaturated/α-hetero) is 1. The highest BCUT2D eigenvalue weighted by Crippen LogP contribution is 2.37. The SMILES string of the molecule is CC1=Cc2c(Br)ccc(Br)c2C1.CC1Cc2c(Br)ccc(Br)c2C1=O. The van der Waals surface area contributed by atoms with Gasteiger partial charge in [0.05, 0.1) is 0 Å². The van der Waals surface area contributed by atoms with Crippen LogP contribution in [0.1, 0.15) is 40.9 Å². The second-order valence-electron chi connectivity index (χ2n) is 6.44. The van der Waals surface area contributed by atoms with Crippen LogP contribution in [0.5, 0.6) is 0 Å². The number of ketones is 1. The monoisotopic (exact) mass is 588 g/mol. The van der Waals surface area contributed by atoms with E-state index in [1.807, 2.05) is 19.1 Å². The summed E-state index contributed by atoms with van der Waals surface area (Å²) >= 11 is 14.0. The molecule has 2 aromatic carbocycles. The number of benzene rings is 2. The quantitative estimate of drug-likeness (QED) is 0.306. The summed E-state index contributed by atoms with van der Waals surface area (Å²) in [6.45, 7) is 4.14. The number of hydrogen-bond acceptors (Lipinski definition) is 1. The van der Waals surface area contributed by atoms with E-state index in [0.29, 0.717) is 0 Å². The third-order valence-corrected chi connectivity index (χ3v) is 7.34. The predicted octanol–water partition coefficient (Wildman–Crippen LogP) is 7.76. The molecule has 1 atom stereocenters. The minimum absolute atomic E-state index is 0.130. The van der Waals surface area contributed by atoms with Crippen molar-refractivity contribution in [1.29, 1.82) is 0 Å². The fourth-order valence-corrected chi connectivity index (χ4v) is 5.26. The van der Waals surface area contributed by atoms with Gasteiger partial charge in [0.15, 0.2) is 5.78 Å². The van der Waals surface area contributed by atoms with Gasteiger partial charge in [0.1, 0.15) is 0 Å². The Morgan fingerprint density at radius 3 is 2.04 bits per heavy atom. The van der Waals surface area contributed by atoms with Crippen molar-refractivity contribution in [3.05, 3.63) is 70.0 Å². The predicted molar refractivity (Wildman–Crippen MR) is 118 cm³/mol. The highest BCUT2D eigenvalue weighted by molar-refractivity contribution is 9.11. The summed E-state index contributed by atoms with van der Waals surface area (Å²) in [6, 6.07) is 8.07. The maximum atomic E-state index is 11.7. The summed E-state index contributed by atoms with van der Waals surface area (Å²) in [5, 5.41) is 0. The van der Waals surface area contributed by atoms with Gasteiger partial charge < -0.3 is 0 Å². The fraction of sp³-hybridized carbons (Fsp3) is 0.250. The van der Waals surface area contributed by atoms with Gasteiger partial charge in [-0.25, -0.2) is 0 Å². The summed E-state index contributed by atoms with van der Waals surface area (Å²) < 4.78 is 4.37. The van der Waals surface area contributed by atoms with E-state index in [1.165, 1.54) is 25.6 Å². The molecular formula is C20H16Br4O. The van der Waals surface area contributed by atoms with Crippen LogP contribution < -0.4 is 0 Å². The molecule has 0 aromatic heterocycles. The molecule has 25 heavy (non-hydrogen) atoms. The van der Waals surface area contributed by atoms with Crippen molar-refractivity contribution in [2.24, 2.45) is 5.92 Å². The minimum atomic E-state index is 0.130. The lowest BCUT2D eigenvalue weighted by Gasteiger charge is -2.03. The van der Waals surface area contributed by atoms with Crippen molar-refractivity contribution in [2.75, 3.05) is 0 Å². The van der Waals surface area contributed by atoms with Crippen LogP contribution in [0, 0.1) is 5.92 Å². The smallest absolute Gasteiger partial charge is 0.167 e. The van der Waals surface area contributed by atoms with Crippen molar-refractivity contribution in [3.63, 3.8) is 0 Å². The Bertz CT molecular complexity index is 899. The molecule has 0 N–H and O–H groups in total. The molecule has 2 aromatic rings. The molecule has 2 aliphatic rings. The van der Waals surface area contributed by atoms with Crippen LogP contribution in [0.25, 0.3) is 6.08 Å². The van der Waals surface area contributed by atoms with Crippen molar-refractivity contribution < 1.29 is 4.79 Å². The normalized spacial score (nSPS) is 17.6. The first-order valence-electron chi connectivity index (χ1n) is 7.94. The lowest BCUT2D eigenvalue weighted by Crippen LogP contribution is -2.03. The second-order valence-corrected chi connectivity index (χ2v) is 9.86. The number of rotatable bonds is 0. The van der Waals surface area contributed by atoms with Gasteiger partial charge in [0.2, 0.25) is 0 Å². The molecule has 0 fully saturated rings.